The topological polar surface area (TPSA) is 81.7 Å². The van der Waals surface area contributed by atoms with E-state index in [9.17, 15) is 0 Å². The minimum Gasteiger partial charge on any atom is -0.373 e. The molecule has 0 fully saturated rings. The molecular weight excluding hydrogens is 392 g/mol. The van der Waals surface area contributed by atoms with Gasteiger partial charge in [-0.05, 0) is 24.6 Å². The van der Waals surface area contributed by atoms with Crippen LogP contribution in [0, 0.1) is 6.92 Å². The summed E-state index contributed by atoms with van der Waals surface area (Å²) in [5, 5.41) is 13.2. The summed E-state index contributed by atoms with van der Waals surface area (Å²) >= 11 is 0. The van der Waals surface area contributed by atoms with Crippen molar-refractivity contribution in [1.82, 2.24) is 24.9 Å². The van der Waals surface area contributed by atoms with Crippen LogP contribution in [0.4, 0.5) is 5.82 Å². The molecule has 30 heavy (non-hydrogen) atoms. The number of benzene rings is 1. The molecule has 3 heterocycles. The zero-order valence-corrected chi connectivity index (χ0v) is 19.0. The summed E-state index contributed by atoms with van der Waals surface area (Å²) in [6, 6.07) is 14.4. The molecule has 8 heteroatoms. The van der Waals surface area contributed by atoms with E-state index in [2.05, 4.69) is 69.4 Å². The summed E-state index contributed by atoms with van der Waals surface area (Å²) in [6.45, 7) is 9.63. The van der Waals surface area contributed by atoms with Gasteiger partial charge >= 0.3 is 0 Å². The highest BCUT2D eigenvalue weighted by Gasteiger charge is 2.18. The first kappa shape index (κ1) is 20.0. The molecule has 3 aromatic heterocycles. The first-order valence-corrected chi connectivity index (χ1v) is 13.5. The fourth-order valence-electron chi connectivity index (χ4n) is 3.18. The lowest BCUT2D eigenvalue weighted by atomic mass is 10.2. The Morgan fingerprint density at radius 3 is 2.47 bits per heavy atom. The quantitative estimate of drug-likeness (QED) is 0.478. The van der Waals surface area contributed by atoms with Gasteiger partial charge in [0, 0.05) is 24.5 Å². The Bertz CT molecular complexity index is 1140. The average molecular weight is 419 g/mol. The first-order chi connectivity index (χ1) is 14.3. The molecule has 0 amide bonds. The Kier molecular flexibility index (Phi) is 5.25. The van der Waals surface area contributed by atoms with Gasteiger partial charge in [-0.2, -0.15) is 10.1 Å². The van der Waals surface area contributed by atoms with Crippen molar-refractivity contribution in [2.75, 3.05) is 12.4 Å². The largest absolute Gasteiger partial charge is 0.373 e. The maximum absolute atomic E-state index is 5.50. The van der Waals surface area contributed by atoms with E-state index >= 15 is 0 Å². The van der Waals surface area contributed by atoms with E-state index < -0.39 is 8.07 Å². The van der Waals surface area contributed by atoms with E-state index in [1.807, 2.05) is 43.0 Å². The number of pyridine rings is 1. The molecule has 0 aliphatic heterocycles. The summed E-state index contributed by atoms with van der Waals surface area (Å²) in [4.78, 5) is 8.92. The molecule has 0 unspecified atom stereocenters. The zero-order valence-electron chi connectivity index (χ0n) is 18.0. The van der Waals surface area contributed by atoms with Gasteiger partial charge in [-0.15, -0.1) is 0 Å². The molecule has 154 valence electrons. The normalized spacial score (nSPS) is 11.6. The maximum Gasteiger partial charge on any atom is 0.278 e. The van der Waals surface area contributed by atoms with Crippen molar-refractivity contribution >= 4 is 19.1 Å². The predicted molar refractivity (Wildman–Crippen MR) is 122 cm³/mol. The fourth-order valence-corrected chi connectivity index (χ4v) is 4.34. The lowest BCUT2D eigenvalue weighted by Crippen LogP contribution is -2.37. The lowest BCUT2D eigenvalue weighted by Gasteiger charge is -2.16. The molecule has 0 aliphatic rings. The molecule has 1 N–H and O–H groups in total. The second-order valence-corrected chi connectivity index (χ2v) is 13.5. The standard InChI is InChI=1S/C22H26N6OSi/c1-15-12-19(26-28(15)14-16-6-11-20(23-2)24-13-16)22-25-21(27-29-22)17-7-9-18(10-8-17)30(3,4)5/h6-13H,14H2,1-5H3,(H,23,24). The van der Waals surface area contributed by atoms with E-state index in [4.69, 9.17) is 4.52 Å². The van der Waals surface area contributed by atoms with Crippen LogP contribution in [0.2, 0.25) is 19.6 Å². The van der Waals surface area contributed by atoms with Crippen molar-refractivity contribution in [3.63, 3.8) is 0 Å². The third-order valence-corrected chi connectivity index (χ3v) is 7.11. The number of aromatic nitrogens is 5. The molecule has 0 spiro atoms. The molecule has 0 saturated carbocycles. The van der Waals surface area contributed by atoms with Gasteiger partial charge in [-0.3, -0.25) is 4.68 Å². The Morgan fingerprint density at radius 1 is 1.07 bits per heavy atom. The molecule has 0 aliphatic carbocycles. The van der Waals surface area contributed by atoms with Gasteiger partial charge < -0.3 is 9.84 Å². The van der Waals surface area contributed by atoms with Gasteiger partial charge in [0.2, 0.25) is 5.82 Å². The Labute approximate surface area is 177 Å². The monoisotopic (exact) mass is 418 g/mol. The van der Waals surface area contributed by atoms with E-state index in [-0.39, 0.29) is 0 Å². The minimum atomic E-state index is -1.33. The Hall–Kier alpha value is -3.26. The summed E-state index contributed by atoms with van der Waals surface area (Å²) < 4.78 is 7.42. The minimum absolute atomic E-state index is 0.421. The lowest BCUT2D eigenvalue weighted by molar-refractivity contribution is 0.430. The van der Waals surface area contributed by atoms with Crippen molar-refractivity contribution < 1.29 is 4.52 Å². The summed E-state index contributed by atoms with van der Waals surface area (Å²) in [7, 11) is 0.522. The number of nitrogens with one attached hydrogen (secondary N) is 1. The predicted octanol–water partition coefficient (Wildman–Crippen LogP) is 3.94. The molecule has 0 atom stereocenters. The number of hydrogen-bond donors (Lipinski definition) is 1. The van der Waals surface area contributed by atoms with Crippen molar-refractivity contribution in [1.29, 1.82) is 0 Å². The number of nitrogens with zero attached hydrogens (tertiary/aromatic N) is 5. The number of anilines is 1. The van der Waals surface area contributed by atoms with Crippen molar-refractivity contribution in [3.8, 4) is 23.0 Å². The molecule has 0 bridgehead atoms. The second-order valence-electron chi connectivity index (χ2n) is 8.38. The molecule has 0 radical (unpaired) electrons. The van der Waals surface area contributed by atoms with E-state index in [1.165, 1.54) is 5.19 Å². The van der Waals surface area contributed by atoms with Crippen LogP contribution in [-0.4, -0.2) is 40.0 Å². The SMILES string of the molecule is CNc1ccc(Cn2nc(-c3nc(-c4ccc([Si](C)(C)C)cc4)no3)cc2C)cn1. The van der Waals surface area contributed by atoms with Crippen LogP contribution in [0.1, 0.15) is 11.3 Å². The van der Waals surface area contributed by atoms with Crippen molar-refractivity contribution in [2.24, 2.45) is 0 Å². The Balaban J connectivity index is 1.54. The third kappa shape index (κ3) is 4.18. The van der Waals surface area contributed by atoms with Gasteiger partial charge in [-0.25, -0.2) is 4.98 Å². The number of aryl methyl sites for hydroxylation is 1. The van der Waals surface area contributed by atoms with E-state index in [0.29, 0.717) is 24.0 Å². The maximum atomic E-state index is 5.50. The highest BCUT2D eigenvalue weighted by Crippen LogP contribution is 2.22. The van der Waals surface area contributed by atoms with Gasteiger partial charge in [0.15, 0.2) is 5.69 Å². The molecule has 1 aromatic carbocycles. The zero-order chi connectivity index (χ0) is 21.3. The second kappa shape index (κ2) is 7.87. The van der Waals surface area contributed by atoms with E-state index in [0.717, 1.165) is 22.6 Å². The summed E-state index contributed by atoms with van der Waals surface area (Å²) in [5.74, 6) is 1.84. The van der Waals surface area contributed by atoms with Crippen LogP contribution in [0.3, 0.4) is 0 Å². The van der Waals surface area contributed by atoms with Gasteiger partial charge in [0.25, 0.3) is 5.89 Å². The molecule has 0 saturated heterocycles. The van der Waals surface area contributed by atoms with Crippen LogP contribution in [0.5, 0.6) is 0 Å². The first-order valence-electron chi connectivity index (χ1n) is 9.95. The molecule has 4 aromatic rings. The summed E-state index contributed by atoms with van der Waals surface area (Å²) in [5.41, 5.74) is 3.70. The third-order valence-electron chi connectivity index (χ3n) is 5.05. The van der Waals surface area contributed by atoms with Crippen LogP contribution in [-0.2, 0) is 6.54 Å². The highest BCUT2D eigenvalue weighted by molar-refractivity contribution is 6.88. The highest BCUT2D eigenvalue weighted by atomic mass is 28.3. The summed E-state index contributed by atoms with van der Waals surface area (Å²) in [6.07, 6.45) is 1.85. The number of rotatable bonds is 6. The fraction of sp³-hybridized carbons (Fsp3) is 0.273. The Morgan fingerprint density at radius 2 is 1.83 bits per heavy atom. The van der Waals surface area contributed by atoms with Gasteiger partial charge in [0.05, 0.1) is 14.6 Å². The van der Waals surface area contributed by atoms with Crippen LogP contribution in [0.25, 0.3) is 23.0 Å². The van der Waals surface area contributed by atoms with Crippen molar-refractivity contribution in [2.45, 2.75) is 33.1 Å². The van der Waals surface area contributed by atoms with Crippen LogP contribution in [0.15, 0.2) is 53.2 Å². The van der Waals surface area contributed by atoms with Gasteiger partial charge in [-0.1, -0.05) is 60.3 Å². The number of hydrogen-bond acceptors (Lipinski definition) is 6. The average Bonchev–Trinajstić information content (AvgIpc) is 3.35. The van der Waals surface area contributed by atoms with Gasteiger partial charge in [0.1, 0.15) is 5.82 Å². The van der Waals surface area contributed by atoms with Crippen LogP contribution >= 0.6 is 0 Å². The van der Waals surface area contributed by atoms with Crippen molar-refractivity contribution in [3.05, 3.63) is 59.9 Å². The molecule has 7 nitrogen and oxygen atoms in total. The molecule has 4 rings (SSSR count). The molecular formula is C22H26N6OSi. The smallest absolute Gasteiger partial charge is 0.278 e. The van der Waals surface area contributed by atoms with E-state index in [1.54, 1.807) is 0 Å². The van der Waals surface area contributed by atoms with Crippen LogP contribution < -0.4 is 10.5 Å².